The van der Waals surface area contributed by atoms with Crippen molar-refractivity contribution in [1.29, 1.82) is 0 Å². The van der Waals surface area contributed by atoms with Crippen molar-refractivity contribution in [2.45, 2.75) is 38.1 Å². The van der Waals surface area contributed by atoms with Gasteiger partial charge < -0.3 is 15.5 Å². The Hall–Kier alpha value is -0.800. The molecule has 84 valence electrons. The monoisotopic (exact) mass is 208 g/mol. The van der Waals surface area contributed by atoms with Gasteiger partial charge >= 0.3 is 0 Å². The zero-order valence-electron chi connectivity index (χ0n) is 9.33. The molecule has 1 heterocycles. The molecule has 1 saturated carbocycles. The third-order valence-corrected chi connectivity index (χ3v) is 3.21. The van der Waals surface area contributed by atoms with E-state index < -0.39 is 0 Å². The Morgan fingerprint density at radius 2 is 2.33 bits per heavy atom. The second kappa shape index (κ2) is 4.81. The summed E-state index contributed by atoms with van der Waals surface area (Å²) >= 11 is 0. The third kappa shape index (κ3) is 2.61. The summed E-state index contributed by atoms with van der Waals surface area (Å²) in [4.78, 5) is 0. The smallest absolute Gasteiger partial charge is 0.109 e. The molecule has 3 nitrogen and oxygen atoms in total. The number of furan rings is 1. The van der Waals surface area contributed by atoms with Crippen molar-refractivity contribution in [1.82, 2.24) is 5.32 Å². The minimum absolute atomic E-state index is 0.319. The lowest BCUT2D eigenvalue weighted by Gasteiger charge is -2.28. The number of hydrogen-bond donors (Lipinski definition) is 2. The molecule has 1 aliphatic rings. The molecule has 1 unspecified atom stereocenters. The van der Waals surface area contributed by atoms with Gasteiger partial charge in [-0.25, -0.2) is 0 Å². The highest BCUT2D eigenvalue weighted by molar-refractivity contribution is 5.11. The van der Waals surface area contributed by atoms with Crippen molar-refractivity contribution in [2.24, 2.45) is 5.73 Å². The molecule has 1 fully saturated rings. The molecule has 0 spiro atoms. The molecule has 1 aliphatic carbocycles. The van der Waals surface area contributed by atoms with Crippen molar-refractivity contribution in [3.05, 3.63) is 23.7 Å². The van der Waals surface area contributed by atoms with Crippen molar-refractivity contribution < 1.29 is 4.42 Å². The fraction of sp³-hybridized carbons (Fsp3) is 0.667. The minimum Gasteiger partial charge on any atom is -0.466 e. The van der Waals surface area contributed by atoms with E-state index >= 15 is 0 Å². The van der Waals surface area contributed by atoms with E-state index in [9.17, 15) is 0 Å². The predicted molar refractivity (Wildman–Crippen MR) is 60.9 cm³/mol. The lowest BCUT2D eigenvalue weighted by atomic mass is 9.92. The Balaban J connectivity index is 1.85. The fourth-order valence-corrected chi connectivity index (χ4v) is 1.89. The van der Waals surface area contributed by atoms with Crippen molar-refractivity contribution in [3.63, 3.8) is 0 Å². The summed E-state index contributed by atoms with van der Waals surface area (Å²) in [5, 5.41) is 3.54. The molecule has 0 radical (unpaired) electrons. The zero-order valence-corrected chi connectivity index (χ0v) is 9.33. The Labute approximate surface area is 91.0 Å². The average Bonchev–Trinajstić information content (AvgIpc) is 2.56. The van der Waals surface area contributed by atoms with Gasteiger partial charge in [-0.05, 0) is 31.9 Å². The van der Waals surface area contributed by atoms with Crippen LogP contribution in [-0.2, 0) is 0 Å². The van der Waals surface area contributed by atoms with Gasteiger partial charge in [-0.15, -0.1) is 0 Å². The molecule has 3 heteroatoms. The van der Waals surface area contributed by atoms with Crippen LogP contribution in [-0.4, -0.2) is 19.1 Å². The van der Waals surface area contributed by atoms with Gasteiger partial charge in [-0.3, -0.25) is 0 Å². The number of rotatable bonds is 5. The second-order valence-electron chi connectivity index (χ2n) is 4.42. The van der Waals surface area contributed by atoms with Crippen LogP contribution >= 0.6 is 0 Å². The Morgan fingerprint density at radius 3 is 2.80 bits per heavy atom. The summed E-state index contributed by atoms with van der Waals surface area (Å²) in [7, 11) is 0. The van der Waals surface area contributed by atoms with Crippen molar-refractivity contribution >= 4 is 0 Å². The SMILES string of the molecule is Cc1ccc(C(CN)CNC2CCC2)o1. The topological polar surface area (TPSA) is 51.2 Å². The van der Waals surface area contributed by atoms with Crippen LogP contribution in [0, 0.1) is 6.92 Å². The van der Waals surface area contributed by atoms with E-state index in [-0.39, 0.29) is 0 Å². The largest absolute Gasteiger partial charge is 0.466 e. The second-order valence-corrected chi connectivity index (χ2v) is 4.42. The highest BCUT2D eigenvalue weighted by Crippen LogP contribution is 2.21. The van der Waals surface area contributed by atoms with Gasteiger partial charge in [-0.2, -0.15) is 0 Å². The molecule has 1 aromatic heterocycles. The van der Waals surface area contributed by atoms with Crippen molar-refractivity contribution in [3.8, 4) is 0 Å². The van der Waals surface area contributed by atoms with E-state index in [1.54, 1.807) is 0 Å². The first kappa shape index (κ1) is 10.7. The normalized spacial score (nSPS) is 18.8. The molecular formula is C12H20N2O. The molecule has 15 heavy (non-hydrogen) atoms. The van der Waals surface area contributed by atoms with Crippen LogP contribution in [0.3, 0.4) is 0 Å². The van der Waals surface area contributed by atoms with Gasteiger partial charge in [0.15, 0.2) is 0 Å². The lowest BCUT2D eigenvalue weighted by molar-refractivity contribution is 0.323. The molecule has 1 atom stereocenters. The first-order valence-corrected chi connectivity index (χ1v) is 5.79. The van der Waals surface area contributed by atoms with Crippen LogP contribution in [0.2, 0.25) is 0 Å². The van der Waals surface area contributed by atoms with E-state index in [1.807, 2.05) is 19.1 Å². The third-order valence-electron chi connectivity index (χ3n) is 3.21. The number of hydrogen-bond acceptors (Lipinski definition) is 3. The summed E-state index contributed by atoms with van der Waals surface area (Å²) < 4.78 is 5.60. The van der Waals surface area contributed by atoms with Gasteiger partial charge in [-0.1, -0.05) is 6.42 Å². The van der Waals surface area contributed by atoms with Gasteiger partial charge in [0.25, 0.3) is 0 Å². The summed E-state index contributed by atoms with van der Waals surface area (Å²) in [6.45, 7) is 3.55. The first-order chi connectivity index (χ1) is 7.29. The molecule has 0 amide bonds. The van der Waals surface area contributed by atoms with Gasteiger partial charge in [0.1, 0.15) is 11.5 Å². The maximum atomic E-state index is 5.76. The molecule has 0 saturated heterocycles. The van der Waals surface area contributed by atoms with Crippen LogP contribution in [0.25, 0.3) is 0 Å². The van der Waals surface area contributed by atoms with Gasteiger partial charge in [0, 0.05) is 25.0 Å². The number of nitrogens with one attached hydrogen (secondary N) is 1. The summed E-state index contributed by atoms with van der Waals surface area (Å²) in [5.74, 6) is 2.30. The number of nitrogens with two attached hydrogens (primary N) is 1. The lowest BCUT2D eigenvalue weighted by Crippen LogP contribution is -2.38. The molecule has 0 bridgehead atoms. The van der Waals surface area contributed by atoms with Crippen LogP contribution in [0.4, 0.5) is 0 Å². The van der Waals surface area contributed by atoms with E-state index in [0.29, 0.717) is 12.5 Å². The van der Waals surface area contributed by atoms with E-state index in [4.69, 9.17) is 10.2 Å². The van der Waals surface area contributed by atoms with Crippen molar-refractivity contribution in [2.75, 3.05) is 13.1 Å². The van der Waals surface area contributed by atoms with Gasteiger partial charge in [0.05, 0.1) is 0 Å². The zero-order chi connectivity index (χ0) is 10.7. The maximum Gasteiger partial charge on any atom is 0.109 e. The highest BCUT2D eigenvalue weighted by atomic mass is 16.3. The molecular weight excluding hydrogens is 188 g/mol. The summed E-state index contributed by atoms with van der Waals surface area (Å²) in [5.41, 5.74) is 5.76. The van der Waals surface area contributed by atoms with E-state index in [0.717, 1.165) is 24.1 Å². The highest BCUT2D eigenvalue weighted by Gasteiger charge is 2.19. The fourth-order valence-electron chi connectivity index (χ4n) is 1.89. The molecule has 1 aromatic rings. The van der Waals surface area contributed by atoms with Crippen LogP contribution in [0.5, 0.6) is 0 Å². The van der Waals surface area contributed by atoms with E-state index in [1.165, 1.54) is 19.3 Å². The Morgan fingerprint density at radius 1 is 1.53 bits per heavy atom. The van der Waals surface area contributed by atoms with E-state index in [2.05, 4.69) is 5.32 Å². The molecule has 0 aromatic carbocycles. The average molecular weight is 208 g/mol. The quantitative estimate of drug-likeness (QED) is 0.775. The van der Waals surface area contributed by atoms with Gasteiger partial charge in [0.2, 0.25) is 0 Å². The summed E-state index contributed by atoms with van der Waals surface area (Å²) in [6, 6.07) is 4.76. The minimum atomic E-state index is 0.319. The Kier molecular flexibility index (Phi) is 3.44. The first-order valence-electron chi connectivity index (χ1n) is 5.79. The number of aryl methyl sites for hydroxylation is 1. The Bertz CT molecular complexity index is 304. The molecule has 0 aliphatic heterocycles. The maximum absolute atomic E-state index is 5.76. The van der Waals surface area contributed by atoms with Crippen LogP contribution in [0.1, 0.15) is 36.7 Å². The standard InChI is InChI=1S/C12H20N2O/c1-9-5-6-12(15-9)10(7-13)8-14-11-3-2-4-11/h5-6,10-11,14H,2-4,7-8,13H2,1H3. The predicted octanol–water partition coefficient (Wildman–Crippen LogP) is 1.77. The molecule has 2 rings (SSSR count). The summed E-state index contributed by atoms with van der Waals surface area (Å²) in [6.07, 6.45) is 3.99. The van der Waals surface area contributed by atoms with Crippen LogP contribution < -0.4 is 11.1 Å². The van der Waals surface area contributed by atoms with Crippen LogP contribution in [0.15, 0.2) is 16.5 Å². The molecule has 3 N–H and O–H groups in total.